The number of benzene rings is 1. The minimum absolute atomic E-state index is 0.0585. The highest BCUT2D eigenvalue weighted by molar-refractivity contribution is 9.10. The van der Waals surface area contributed by atoms with Gasteiger partial charge in [0.15, 0.2) is 0 Å². The Kier molecular flexibility index (Phi) is 4.42. The maximum absolute atomic E-state index is 12.6. The van der Waals surface area contributed by atoms with Gasteiger partial charge < -0.3 is 4.90 Å². The number of nitro groups is 1. The molecule has 6 heteroatoms. The number of non-ortho nitro benzene ring substituents is 1. The average molecular weight is 341 g/mol. The van der Waals surface area contributed by atoms with E-state index < -0.39 is 4.92 Å². The van der Waals surface area contributed by atoms with Crippen molar-refractivity contribution in [1.82, 2.24) is 4.90 Å². The van der Waals surface area contributed by atoms with E-state index >= 15 is 0 Å². The molecule has 1 aliphatic carbocycles. The molecule has 1 aromatic carbocycles. The predicted molar refractivity (Wildman–Crippen MR) is 79.7 cm³/mol. The Balaban J connectivity index is 2.30. The molecule has 20 heavy (non-hydrogen) atoms. The van der Waals surface area contributed by atoms with Crippen LogP contribution in [0.15, 0.2) is 22.7 Å². The quantitative estimate of drug-likeness (QED) is 0.607. The summed E-state index contributed by atoms with van der Waals surface area (Å²) in [5.74, 6) is 0.244. The molecule has 2 rings (SSSR count). The molecule has 0 unspecified atom stereocenters. The minimum atomic E-state index is -0.479. The van der Waals surface area contributed by atoms with Gasteiger partial charge in [-0.05, 0) is 40.8 Å². The summed E-state index contributed by atoms with van der Waals surface area (Å²) in [4.78, 5) is 24.8. The van der Waals surface area contributed by atoms with Gasteiger partial charge in [0.25, 0.3) is 11.6 Å². The molecule has 0 aromatic heterocycles. The van der Waals surface area contributed by atoms with Crippen molar-refractivity contribution in [3.63, 3.8) is 0 Å². The van der Waals surface area contributed by atoms with Crippen molar-refractivity contribution in [1.29, 1.82) is 0 Å². The second-order valence-electron chi connectivity index (χ2n) is 5.50. The summed E-state index contributed by atoms with van der Waals surface area (Å²) in [7, 11) is 0. The van der Waals surface area contributed by atoms with E-state index in [-0.39, 0.29) is 17.6 Å². The Morgan fingerprint density at radius 2 is 2.15 bits per heavy atom. The largest absolute Gasteiger partial charge is 0.335 e. The summed E-state index contributed by atoms with van der Waals surface area (Å²) in [6, 6.07) is 4.59. The lowest BCUT2D eigenvalue weighted by Crippen LogP contribution is -2.36. The molecule has 0 atom stereocenters. The molecule has 0 bridgehead atoms. The molecular formula is C14H17BrN2O3. The molecule has 0 heterocycles. The lowest BCUT2D eigenvalue weighted by Gasteiger charge is -2.24. The summed E-state index contributed by atoms with van der Waals surface area (Å²) in [5, 5.41) is 10.8. The Morgan fingerprint density at radius 3 is 2.65 bits per heavy atom. The molecule has 1 aromatic rings. The van der Waals surface area contributed by atoms with Gasteiger partial charge in [-0.15, -0.1) is 0 Å². The normalized spacial score (nSPS) is 14.4. The van der Waals surface area contributed by atoms with Gasteiger partial charge in [-0.1, -0.05) is 13.8 Å². The van der Waals surface area contributed by atoms with Crippen LogP contribution >= 0.6 is 15.9 Å². The van der Waals surface area contributed by atoms with E-state index in [0.717, 1.165) is 12.8 Å². The summed E-state index contributed by atoms with van der Waals surface area (Å²) in [6.07, 6.45) is 2.04. The Morgan fingerprint density at radius 1 is 1.50 bits per heavy atom. The number of amides is 1. The number of halogens is 1. The molecule has 0 saturated heterocycles. The second-order valence-corrected chi connectivity index (χ2v) is 6.36. The van der Waals surface area contributed by atoms with Crippen LogP contribution in [0.5, 0.6) is 0 Å². The molecule has 5 nitrogen and oxygen atoms in total. The van der Waals surface area contributed by atoms with Crippen LogP contribution < -0.4 is 0 Å². The molecule has 0 aliphatic heterocycles. The maximum atomic E-state index is 12.6. The molecule has 1 amide bonds. The standard InChI is InChI=1S/C14H17BrN2O3/c1-9(2)8-16(10-3-4-10)14(18)12-7-11(17(19)20)5-6-13(12)15/h5-7,9-10H,3-4,8H2,1-2H3. The van der Waals surface area contributed by atoms with Gasteiger partial charge >= 0.3 is 0 Å². The maximum Gasteiger partial charge on any atom is 0.270 e. The van der Waals surface area contributed by atoms with Crippen LogP contribution in [-0.2, 0) is 0 Å². The molecule has 1 saturated carbocycles. The Bertz CT molecular complexity index is 541. The topological polar surface area (TPSA) is 63.5 Å². The van der Waals surface area contributed by atoms with E-state index in [1.54, 1.807) is 6.07 Å². The fourth-order valence-electron chi connectivity index (χ4n) is 2.12. The first-order valence-electron chi connectivity index (χ1n) is 6.65. The lowest BCUT2D eigenvalue weighted by atomic mass is 10.1. The second kappa shape index (κ2) is 5.91. The molecular weight excluding hydrogens is 324 g/mol. The fourth-order valence-corrected chi connectivity index (χ4v) is 2.54. The number of nitrogens with zero attached hydrogens (tertiary/aromatic N) is 2. The van der Waals surface area contributed by atoms with E-state index in [9.17, 15) is 14.9 Å². The van der Waals surface area contributed by atoms with Gasteiger partial charge in [0.05, 0.1) is 10.5 Å². The summed E-state index contributed by atoms with van der Waals surface area (Å²) in [5.41, 5.74) is 0.309. The molecule has 1 fully saturated rings. The zero-order valence-electron chi connectivity index (χ0n) is 11.5. The van der Waals surface area contributed by atoms with Crippen molar-refractivity contribution in [2.45, 2.75) is 32.7 Å². The molecule has 1 aliphatic rings. The SMILES string of the molecule is CC(C)CN(C(=O)c1cc([N+](=O)[O-])ccc1Br)C1CC1. The first-order chi connectivity index (χ1) is 9.40. The highest BCUT2D eigenvalue weighted by Gasteiger charge is 2.34. The van der Waals surface area contributed by atoms with E-state index in [1.165, 1.54) is 12.1 Å². The van der Waals surface area contributed by atoms with E-state index in [0.29, 0.717) is 22.5 Å². The minimum Gasteiger partial charge on any atom is -0.335 e. The number of hydrogen-bond donors (Lipinski definition) is 0. The van der Waals surface area contributed by atoms with E-state index in [4.69, 9.17) is 0 Å². The first kappa shape index (κ1) is 15.0. The lowest BCUT2D eigenvalue weighted by molar-refractivity contribution is -0.384. The molecule has 108 valence electrons. The first-order valence-corrected chi connectivity index (χ1v) is 7.44. The fraction of sp³-hybridized carbons (Fsp3) is 0.500. The van der Waals surface area contributed by atoms with Gasteiger partial charge in [0, 0.05) is 29.2 Å². The highest BCUT2D eigenvalue weighted by Crippen LogP contribution is 2.31. The third kappa shape index (κ3) is 3.36. The van der Waals surface area contributed by atoms with Gasteiger partial charge in [-0.2, -0.15) is 0 Å². The van der Waals surface area contributed by atoms with Crippen LogP contribution in [0.2, 0.25) is 0 Å². The number of hydrogen-bond acceptors (Lipinski definition) is 3. The number of carbonyl (C=O) groups excluding carboxylic acids is 1. The molecule has 0 radical (unpaired) electrons. The monoisotopic (exact) mass is 340 g/mol. The van der Waals surface area contributed by atoms with Crippen LogP contribution in [0.25, 0.3) is 0 Å². The average Bonchev–Trinajstić information content (AvgIpc) is 3.19. The van der Waals surface area contributed by atoms with Crippen molar-refractivity contribution in [2.75, 3.05) is 6.54 Å². The van der Waals surface area contributed by atoms with E-state index in [1.807, 2.05) is 4.90 Å². The number of carbonyl (C=O) groups is 1. The van der Waals surface area contributed by atoms with Crippen LogP contribution in [-0.4, -0.2) is 28.3 Å². The van der Waals surface area contributed by atoms with Crippen LogP contribution in [0.4, 0.5) is 5.69 Å². The van der Waals surface area contributed by atoms with Crippen LogP contribution in [0.3, 0.4) is 0 Å². The molecule has 0 spiro atoms. The van der Waals surface area contributed by atoms with Gasteiger partial charge in [-0.3, -0.25) is 14.9 Å². The smallest absolute Gasteiger partial charge is 0.270 e. The van der Waals surface area contributed by atoms with Crippen molar-refractivity contribution in [2.24, 2.45) is 5.92 Å². The van der Waals surface area contributed by atoms with Crippen molar-refractivity contribution < 1.29 is 9.72 Å². The highest BCUT2D eigenvalue weighted by atomic mass is 79.9. The predicted octanol–water partition coefficient (Wildman–Crippen LogP) is 3.62. The van der Waals surface area contributed by atoms with E-state index in [2.05, 4.69) is 29.8 Å². The third-order valence-corrected chi connectivity index (χ3v) is 3.89. The summed E-state index contributed by atoms with van der Waals surface area (Å²) in [6.45, 7) is 4.80. The zero-order chi connectivity index (χ0) is 14.9. The van der Waals surface area contributed by atoms with Gasteiger partial charge in [0.2, 0.25) is 0 Å². The van der Waals surface area contributed by atoms with Crippen molar-refractivity contribution in [3.05, 3.63) is 38.3 Å². The van der Waals surface area contributed by atoms with Gasteiger partial charge in [0.1, 0.15) is 0 Å². The van der Waals surface area contributed by atoms with Crippen LogP contribution in [0.1, 0.15) is 37.0 Å². The van der Waals surface area contributed by atoms with Crippen molar-refractivity contribution >= 4 is 27.5 Å². The third-order valence-electron chi connectivity index (χ3n) is 3.20. The Hall–Kier alpha value is -1.43. The van der Waals surface area contributed by atoms with Crippen LogP contribution in [0, 0.1) is 16.0 Å². The van der Waals surface area contributed by atoms with Crippen molar-refractivity contribution in [3.8, 4) is 0 Å². The summed E-state index contributed by atoms with van der Waals surface area (Å²) >= 11 is 3.31. The van der Waals surface area contributed by atoms with Gasteiger partial charge in [-0.25, -0.2) is 0 Å². The number of nitro benzene ring substituents is 1. The zero-order valence-corrected chi connectivity index (χ0v) is 13.1. The summed E-state index contributed by atoms with van der Waals surface area (Å²) < 4.78 is 0.600. The molecule has 0 N–H and O–H groups in total. The Labute approximate surface area is 126 Å². The number of rotatable bonds is 5.